The van der Waals surface area contributed by atoms with E-state index in [2.05, 4.69) is 10.8 Å². The molecule has 1 saturated carbocycles. The van der Waals surface area contributed by atoms with Crippen LogP contribution in [0.4, 0.5) is 0 Å². The number of rotatable bonds is 2. The first kappa shape index (κ1) is 9.72. The van der Waals surface area contributed by atoms with Crippen LogP contribution in [0.15, 0.2) is 30.3 Å². The van der Waals surface area contributed by atoms with Gasteiger partial charge in [-0.15, -0.1) is 0 Å². The molecule has 2 rings (SSSR count). The fourth-order valence-corrected chi connectivity index (χ4v) is 1.93. The van der Waals surface area contributed by atoms with Crippen LogP contribution in [-0.2, 0) is 9.53 Å². The van der Waals surface area contributed by atoms with Crippen molar-refractivity contribution in [2.75, 3.05) is 7.11 Å². The van der Waals surface area contributed by atoms with Crippen LogP contribution in [0.5, 0.6) is 0 Å². The molecule has 0 spiro atoms. The number of nitriles is 1. The Morgan fingerprint density at radius 1 is 1.53 bits per heavy atom. The van der Waals surface area contributed by atoms with Crippen LogP contribution in [0, 0.1) is 16.7 Å². The average Bonchev–Trinajstić information content (AvgIpc) is 3.05. The molecule has 0 amide bonds. The van der Waals surface area contributed by atoms with Crippen LogP contribution in [-0.4, -0.2) is 13.1 Å². The molecule has 0 saturated heterocycles. The highest BCUT2D eigenvalue weighted by Crippen LogP contribution is 2.59. The fourth-order valence-electron chi connectivity index (χ4n) is 1.93. The smallest absolute Gasteiger partial charge is 0.326 e. The van der Waals surface area contributed by atoms with Crippen LogP contribution in [0.2, 0.25) is 0 Å². The second-order valence-corrected chi connectivity index (χ2v) is 3.74. The lowest BCUT2D eigenvalue weighted by molar-refractivity contribution is -0.144. The molecule has 1 aromatic carbocycles. The zero-order valence-corrected chi connectivity index (χ0v) is 8.43. The van der Waals surface area contributed by atoms with Gasteiger partial charge in [-0.2, -0.15) is 5.26 Å². The van der Waals surface area contributed by atoms with Crippen LogP contribution < -0.4 is 0 Å². The van der Waals surface area contributed by atoms with Gasteiger partial charge in [0.2, 0.25) is 0 Å². The van der Waals surface area contributed by atoms with Gasteiger partial charge in [-0.3, -0.25) is 4.79 Å². The molecule has 1 aromatic rings. The summed E-state index contributed by atoms with van der Waals surface area (Å²) in [6.45, 7) is 0. The van der Waals surface area contributed by atoms with E-state index in [0.29, 0.717) is 6.42 Å². The Morgan fingerprint density at radius 3 is 2.73 bits per heavy atom. The average molecular weight is 201 g/mol. The molecule has 0 aliphatic heterocycles. The number of esters is 1. The number of hydrogen-bond donors (Lipinski definition) is 0. The first-order valence-electron chi connectivity index (χ1n) is 4.79. The van der Waals surface area contributed by atoms with Crippen LogP contribution in [0.25, 0.3) is 0 Å². The number of nitrogens with zero attached hydrogens (tertiary/aromatic N) is 1. The maximum atomic E-state index is 11.5. The van der Waals surface area contributed by atoms with Gasteiger partial charge in [0.05, 0.1) is 13.2 Å². The molecule has 3 nitrogen and oxygen atoms in total. The fraction of sp³-hybridized carbons (Fsp3) is 0.333. The van der Waals surface area contributed by atoms with E-state index >= 15 is 0 Å². The summed E-state index contributed by atoms with van der Waals surface area (Å²) in [5.41, 5.74) is 0.0975. The third-order valence-electron chi connectivity index (χ3n) is 2.91. The molecule has 2 atom stereocenters. The highest BCUT2D eigenvalue weighted by molar-refractivity contribution is 5.85. The predicted molar refractivity (Wildman–Crippen MR) is 53.9 cm³/mol. The molecule has 1 aliphatic carbocycles. The van der Waals surface area contributed by atoms with Crippen LogP contribution >= 0.6 is 0 Å². The van der Waals surface area contributed by atoms with Gasteiger partial charge in [-0.25, -0.2) is 0 Å². The quantitative estimate of drug-likeness (QED) is 0.686. The first-order valence-corrected chi connectivity index (χ1v) is 4.79. The SMILES string of the molecule is COC(=O)[C@@]1(C#N)C[C@H]1c1ccccc1. The first-order chi connectivity index (χ1) is 7.24. The van der Waals surface area contributed by atoms with E-state index in [-0.39, 0.29) is 5.92 Å². The van der Waals surface area contributed by atoms with Gasteiger partial charge in [0.1, 0.15) is 0 Å². The molecular weight excluding hydrogens is 190 g/mol. The van der Waals surface area contributed by atoms with Crippen molar-refractivity contribution >= 4 is 5.97 Å². The van der Waals surface area contributed by atoms with Gasteiger partial charge >= 0.3 is 5.97 Å². The van der Waals surface area contributed by atoms with Crippen molar-refractivity contribution < 1.29 is 9.53 Å². The van der Waals surface area contributed by atoms with Gasteiger partial charge in [-0.05, 0) is 12.0 Å². The van der Waals surface area contributed by atoms with Gasteiger partial charge in [0.25, 0.3) is 0 Å². The lowest BCUT2D eigenvalue weighted by Crippen LogP contribution is -2.17. The molecule has 15 heavy (non-hydrogen) atoms. The summed E-state index contributed by atoms with van der Waals surface area (Å²) < 4.78 is 4.66. The number of methoxy groups -OCH3 is 1. The normalized spacial score (nSPS) is 27.9. The Kier molecular flexibility index (Phi) is 2.20. The van der Waals surface area contributed by atoms with Crippen molar-refractivity contribution in [3.8, 4) is 6.07 Å². The number of hydrogen-bond acceptors (Lipinski definition) is 3. The Bertz CT molecular complexity index is 421. The molecule has 0 N–H and O–H groups in total. The topological polar surface area (TPSA) is 50.1 Å². The second-order valence-electron chi connectivity index (χ2n) is 3.74. The van der Waals surface area contributed by atoms with Gasteiger partial charge in [-0.1, -0.05) is 30.3 Å². The van der Waals surface area contributed by atoms with Gasteiger partial charge in [0.15, 0.2) is 5.41 Å². The number of carbonyl (C=O) groups excluding carboxylic acids is 1. The van der Waals surface area contributed by atoms with E-state index in [0.717, 1.165) is 5.56 Å². The second kappa shape index (κ2) is 3.39. The molecule has 3 heteroatoms. The molecule has 0 heterocycles. The maximum absolute atomic E-state index is 11.5. The highest BCUT2D eigenvalue weighted by Gasteiger charge is 2.62. The lowest BCUT2D eigenvalue weighted by atomic mass is 10.0. The lowest BCUT2D eigenvalue weighted by Gasteiger charge is -2.05. The Morgan fingerprint density at radius 2 is 2.20 bits per heavy atom. The molecule has 76 valence electrons. The third kappa shape index (κ3) is 1.39. The summed E-state index contributed by atoms with van der Waals surface area (Å²) in [5, 5.41) is 9.04. The molecule has 0 bridgehead atoms. The minimum atomic E-state index is -0.934. The van der Waals surface area contributed by atoms with E-state index in [9.17, 15) is 4.79 Å². The van der Waals surface area contributed by atoms with E-state index in [1.165, 1.54) is 7.11 Å². The predicted octanol–water partition coefficient (Wildman–Crippen LogP) is 1.86. The van der Waals surface area contributed by atoms with Crippen LogP contribution in [0.3, 0.4) is 0 Å². The molecular formula is C12H11NO2. The molecule has 0 aromatic heterocycles. The maximum Gasteiger partial charge on any atom is 0.326 e. The van der Waals surface area contributed by atoms with Crippen molar-refractivity contribution in [1.29, 1.82) is 5.26 Å². The van der Waals surface area contributed by atoms with E-state index in [4.69, 9.17) is 5.26 Å². The minimum absolute atomic E-state index is 0.00356. The number of carbonyl (C=O) groups is 1. The summed E-state index contributed by atoms with van der Waals surface area (Å²) in [5.74, 6) is -0.421. The van der Waals surface area contributed by atoms with Gasteiger partial charge < -0.3 is 4.74 Å². The zero-order chi connectivity index (χ0) is 10.9. The Hall–Kier alpha value is -1.82. The summed E-state index contributed by atoms with van der Waals surface area (Å²) in [6.07, 6.45) is 0.570. The summed E-state index contributed by atoms with van der Waals surface area (Å²) in [6, 6.07) is 11.7. The molecule has 0 unspecified atom stereocenters. The monoisotopic (exact) mass is 201 g/mol. The largest absolute Gasteiger partial charge is 0.468 e. The summed E-state index contributed by atoms with van der Waals surface area (Å²) in [7, 11) is 1.32. The molecule has 1 fully saturated rings. The van der Waals surface area contributed by atoms with E-state index in [1.54, 1.807) is 0 Å². The zero-order valence-electron chi connectivity index (χ0n) is 8.43. The van der Waals surface area contributed by atoms with Crippen molar-refractivity contribution in [3.63, 3.8) is 0 Å². The van der Waals surface area contributed by atoms with E-state index in [1.807, 2.05) is 30.3 Å². The Labute approximate surface area is 88.3 Å². The van der Waals surface area contributed by atoms with Crippen molar-refractivity contribution in [2.24, 2.45) is 5.41 Å². The standard InChI is InChI=1S/C12H11NO2/c1-15-11(14)12(8-13)7-10(12)9-5-3-2-4-6-9/h2-6,10H,7H2,1H3/t10-,12+/m0/s1. The number of benzene rings is 1. The van der Waals surface area contributed by atoms with Crippen LogP contribution in [0.1, 0.15) is 17.9 Å². The highest BCUT2D eigenvalue weighted by atomic mass is 16.5. The molecule has 0 radical (unpaired) electrons. The summed E-state index contributed by atoms with van der Waals surface area (Å²) in [4.78, 5) is 11.5. The Balaban J connectivity index is 2.25. The molecule has 1 aliphatic rings. The van der Waals surface area contributed by atoms with Crippen molar-refractivity contribution in [3.05, 3.63) is 35.9 Å². The van der Waals surface area contributed by atoms with Crippen molar-refractivity contribution in [1.82, 2.24) is 0 Å². The minimum Gasteiger partial charge on any atom is -0.468 e. The van der Waals surface area contributed by atoms with Gasteiger partial charge in [0, 0.05) is 5.92 Å². The third-order valence-corrected chi connectivity index (χ3v) is 2.91. The summed E-state index contributed by atoms with van der Waals surface area (Å²) >= 11 is 0. The van der Waals surface area contributed by atoms with E-state index < -0.39 is 11.4 Å². The number of ether oxygens (including phenoxy) is 1. The van der Waals surface area contributed by atoms with Crippen molar-refractivity contribution in [2.45, 2.75) is 12.3 Å².